The molecule has 12 rings (SSSR count). The van der Waals surface area contributed by atoms with E-state index in [1.54, 1.807) is 0 Å². The molecule has 0 atom stereocenters. The molecule has 0 bridgehead atoms. The van der Waals surface area contributed by atoms with Crippen LogP contribution in [0.2, 0.25) is 0 Å². The number of benzene rings is 9. The highest BCUT2D eigenvalue weighted by molar-refractivity contribution is 6.24. The van der Waals surface area contributed by atoms with Gasteiger partial charge < -0.3 is 8.98 Å². The summed E-state index contributed by atoms with van der Waals surface area (Å²) in [6, 6.07) is 76.2. The summed E-state index contributed by atoms with van der Waals surface area (Å²) in [5.41, 5.74) is 14.6. The number of para-hydroxylation sites is 2. The average molecular weight is 793 g/mol. The summed E-state index contributed by atoms with van der Waals surface area (Å²) < 4.78 is 9.14. The molecule has 3 aromatic heterocycles. The Balaban J connectivity index is 0.930. The highest BCUT2D eigenvalue weighted by Gasteiger charge is 2.19. The van der Waals surface area contributed by atoms with Crippen molar-refractivity contribution in [3.05, 3.63) is 218 Å². The standard InChI is InChI=1S/C57H36N4O/c1-4-13-37(14-5-1)39-23-27-41(28-24-39)55-58-56(60-57(59-55)45-18-12-17-43(35-45)38-15-6-2-7-16-38)42-29-25-40(26-30-42)44-31-32-47-48-33-34-51-53(54(48)62-52(47)36-44)49-21-10-11-22-50(49)61(51)46-19-8-3-9-20-46/h1-36H. The maximum atomic E-state index is 6.82. The number of aromatic nitrogens is 4. The van der Waals surface area contributed by atoms with E-state index in [0.29, 0.717) is 17.5 Å². The van der Waals surface area contributed by atoms with E-state index >= 15 is 0 Å². The van der Waals surface area contributed by atoms with Crippen molar-refractivity contribution in [1.82, 2.24) is 19.5 Å². The molecule has 0 saturated heterocycles. The van der Waals surface area contributed by atoms with Gasteiger partial charge in [-0.2, -0.15) is 0 Å². The molecule has 0 aliphatic heterocycles. The molecule has 0 aliphatic carbocycles. The molecule has 5 nitrogen and oxygen atoms in total. The molecular weight excluding hydrogens is 757 g/mol. The Hall–Kier alpha value is -8.41. The third-order valence-corrected chi connectivity index (χ3v) is 11.9. The van der Waals surface area contributed by atoms with Crippen LogP contribution >= 0.6 is 0 Å². The Kier molecular flexibility index (Phi) is 8.42. The Bertz CT molecular complexity index is 3590. The lowest BCUT2D eigenvalue weighted by molar-refractivity contribution is 0.673. The number of nitrogens with zero attached hydrogens (tertiary/aromatic N) is 4. The molecule has 0 fully saturated rings. The molecule has 62 heavy (non-hydrogen) atoms. The number of hydrogen-bond donors (Lipinski definition) is 0. The van der Waals surface area contributed by atoms with Gasteiger partial charge in [0.2, 0.25) is 0 Å². The van der Waals surface area contributed by atoms with Gasteiger partial charge in [-0.25, -0.2) is 15.0 Å². The lowest BCUT2D eigenvalue weighted by Crippen LogP contribution is -2.00. The van der Waals surface area contributed by atoms with Crippen LogP contribution in [0.3, 0.4) is 0 Å². The first kappa shape index (κ1) is 35.5. The molecule has 0 N–H and O–H groups in total. The van der Waals surface area contributed by atoms with E-state index < -0.39 is 0 Å². The van der Waals surface area contributed by atoms with Gasteiger partial charge in [-0.05, 0) is 81.9 Å². The predicted octanol–water partition coefficient (Wildman–Crippen LogP) is 14.9. The summed E-state index contributed by atoms with van der Waals surface area (Å²) in [6.45, 7) is 0. The predicted molar refractivity (Wildman–Crippen MR) is 254 cm³/mol. The largest absolute Gasteiger partial charge is 0.455 e. The summed E-state index contributed by atoms with van der Waals surface area (Å²) in [6.07, 6.45) is 0. The molecule has 5 heteroatoms. The third-order valence-electron chi connectivity index (χ3n) is 11.9. The van der Waals surface area contributed by atoms with Gasteiger partial charge in [-0.1, -0.05) is 170 Å². The highest BCUT2D eigenvalue weighted by atomic mass is 16.3. The monoisotopic (exact) mass is 792 g/mol. The zero-order chi connectivity index (χ0) is 41.0. The molecular formula is C57H36N4O. The molecule has 0 radical (unpaired) electrons. The lowest BCUT2D eigenvalue weighted by atomic mass is 10.0. The number of hydrogen-bond acceptors (Lipinski definition) is 4. The Morgan fingerprint density at radius 3 is 1.45 bits per heavy atom. The topological polar surface area (TPSA) is 56.7 Å². The average Bonchev–Trinajstić information content (AvgIpc) is 3.90. The van der Waals surface area contributed by atoms with Crippen LogP contribution in [0.1, 0.15) is 0 Å². The van der Waals surface area contributed by atoms with Crippen molar-refractivity contribution in [1.29, 1.82) is 0 Å². The van der Waals surface area contributed by atoms with E-state index in [1.165, 1.54) is 5.39 Å². The molecule has 0 amide bonds. The van der Waals surface area contributed by atoms with Crippen LogP contribution in [-0.4, -0.2) is 19.5 Å². The van der Waals surface area contributed by atoms with E-state index in [-0.39, 0.29) is 0 Å². The fraction of sp³-hybridized carbons (Fsp3) is 0. The van der Waals surface area contributed by atoms with Gasteiger partial charge >= 0.3 is 0 Å². The molecule has 0 saturated carbocycles. The van der Waals surface area contributed by atoms with E-state index in [9.17, 15) is 0 Å². The maximum Gasteiger partial charge on any atom is 0.164 e. The van der Waals surface area contributed by atoms with Crippen LogP contribution in [0.15, 0.2) is 223 Å². The number of fused-ring (bicyclic) bond motifs is 7. The zero-order valence-corrected chi connectivity index (χ0v) is 33.5. The van der Waals surface area contributed by atoms with Crippen LogP contribution in [-0.2, 0) is 0 Å². The molecule has 12 aromatic rings. The quantitative estimate of drug-likeness (QED) is 0.161. The van der Waals surface area contributed by atoms with Gasteiger partial charge in [0.15, 0.2) is 17.5 Å². The normalized spacial score (nSPS) is 11.5. The first-order chi connectivity index (χ1) is 30.7. The SMILES string of the molecule is c1ccc(-c2ccc(-c3nc(-c4ccc(-c5ccc6c(c5)oc5c6ccc6c5c5ccccc5n6-c5ccccc5)cc4)nc(-c4cccc(-c5ccccc5)c4)n3)cc2)cc1. The van der Waals surface area contributed by atoms with Crippen molar-refractivity contribution in [2.45, 2.75) is 0 Å². The van der Waals surface area contributed by atoms with Crippen molar-refractivity contribution >= 4 is 43.7 Å². The van der Waals surface area contributed by atoms with Gasteiger partial charge in [0.1, 0.15) is 11.2 Å². The molecule has 9 aromatic carbocycles. The van der Waals surface area contributed by atoms with Crippen molar-refractivity contribution in [3.8, 4) is 73.2 Å². The summed E-state index contributed by atoms with van der Waals surface area (Å²) in [5.74, 6) is 1.85. The van der Waals surface area contributed by atoms with Crippen LogP contribution in [0, 0.1) is 0 Å². The Labute approximate surface area is 357 Å². The lowest BCUT2D eigenvalue weighted by Gasteiger charge is -2.11. The van der Waals surface area contributed by atoms with Crippen molar-refractivity contribution in [3.63, 3.8) is 0 Å². The second-order valence-corrected chi connectivity index (χ2v) is 15.6. The smallest absolute Gasteiger partial charge is 0.164 e. The van der Waals surface area contributed by atoms with Gasteiger partial charge in [-0.3, -0.25) is 0 Å². The van der Waals surface area contributed by atoms with E-state index in [0.717, 1.165) is 94.1 Å². The van der Waals surface area contributed by atoms with E-state index in [2.05, 4.69) is 211 Å². The van der Waals surface area contributed by atoms with Crippen molar-refractivity contribution in [2.75, 3.05) is 0 Å². The fourth-order valence-corrected chi connectivity index (χ4v) is 8.81. The Morgan fingerprint density at radius 1 is 0.306 bits per heavy atom. The second-order valence-electron chi connectivity index (χ2n) is 15.6. The van der Waals surface area contributed by atoms with E-state index in [1.807, 2.05) is 12.1 Å². The van der Waals surface area contributed by atoms with Crippen LogP contribution in [0.4, 0.5) is 0 Å². The van der Waals surface area contributed by atoms with Crippen molar-refractivity contribution in [2.24, 2.45) is 0 Å². The third kappa shape index (κ3) is 6.14. The number of furan rings is 1. The first-order valence-corrected chi connectivity index (χ1v) is 20.8. The van der Waals surface area contributed by atoms with Crippen LogP contribution in [0.5, 0.6) is 0 Å². The Morgan fingerprint density at radius 2 is 0.774 bits per heavy atom. The second kappa shape index (κ2) is 14.7. The minimum atomic E-state index is 0.611. The maximum absolute atomic E-state index is 6.82. The summed E-state index contributed by atoms with van der Waals surface area (Å²) in [5, 5.41) is 4.50. The van der Waals surface area contributed by atoms with Crippen LogP contribution in [0.25, 0.3) is 117 Å². The summed E-state index contributed by atoms with van der Waals surface area (Å²) >= 11 is 0. The molecule has 290 valence electrons. The van der Waals surface area contributed by atoms with Gasteiger partial charge in [0.05, 0.1) is 16.4 Å². The summed E-state index contributed by atoms with van der Waals surface area (Å²) in [7, 11) is 0. The molecule has 3 heterocycles. The molecule has 0 spiro atoms. The van der Waals surface area contributed by atoms with Gasteiger partial charge in [-0.15, -0.1) is 0 Å². The zero-order valence-electron chi connectivity index (χ0n) is 33.5. The van der Waals surface area contributed by atoms with Gasteiger partial charge in [0.25, 0.3) is 0 Å². The molecule has 0 unspecified atom stereocenters. The minimum absolute atomic E-state index is 0.611. The minimum Gasteiger partial charge on any atom is -0.455 e. The van der Waals surface area contributed by atoms with Gasteiger partial charge in [0, 0.05) is 38.5 Å². The van der Waals surface area contributed by atoms with Crippen molar-refractivity contribution < 1.29 is 4.42 Å². The van der Waals surface area contributed by atoms with E-state index in [4.69, 9.17) is 19.4 Å². The summed E-state index contributed by atoms with van der Waals surface area (Å²) in [4.78, 5) is 15.2. The van der Waals surface area contributed by atoms with Crippen LogP contribution < -0.4 is 0 Å². The molecule has 0 aliphatic rings. The first-order valence-electron chi connectivity index (χ1n) is 20.8. The highest BCUT2D eigenvalue weighted by Crippen LogP contribution is 2.41. The number of rotatable bonds is 7. The fourth-order valence-electron chi connectivity index (χ4n) is 8.81.